The van der Waals surface area contributed by atoms with Gasteiger partial charge in [-0.15, -0.1) is 0 Å². The molecule has 1 unspecified atom stereocenters. The highest BCUT2D eigenvalue weighted by Crippen LogP contribution is 2.63. The van der Waals surface area contributed by atoms with Crippen molar-refractivity contribution in [3.05, 3.63) is 180 Å². The summed E-state index contributed by atoms with van der Waals surface area (Å²) in [6, 6.07) is 59.0. The Labute approximate surface area is 250 Å². The van der Waals surface area contributed by atoms with Gasteiger partial charge in [0.05, 0.1) is 5.41 Å². The van der Waals surface area contributed by atoms with Gasteiger partial charge in [0.15, 0.2) is 0 Å². The van der Waals surface area contributed by atoms with Crippen LogP contribution in [0.25, 0.3) is 65.7 Å². The minimum atomic E-state index is -0.385. The normalized spacial score (nSPS) is 16.0. The predicted octanol–water partition coefficient (Wildman–Crippen LogP) is 11.2. The molecule has 0 N–H and O–H groups in total. The largest absolute Gasteiger partial charge is 0.0725 e. The smallest absolute Gasteiger partial charge is 0.0622 e. The number of hydrogen-bond donors (Lipinski definition) is 0. The van der Waals surface area contributed by atoms with Crippen LogP contribution in [0.5, 0.6) is 0 Å². The quantitative estimate of drug-likeness (QED) is 0.181. The summed E-state index contributed by atoms with van der Waals surface area (Å²) in [5.74, 6) is 0. The molecular weight excluding hydrogens is 516 g/mol. The Morgan fingerprint density at radius 2 is 0.721 bits per heavy atom. The first-order chi connectivity index (χ1) is 21.3. The topological polar surface area (TPSA) is 0 Å². The van der Waals surface area contributed by atoms with Gasteiger partial charge in [-0.3, -0.25) is 0 Å². The van der Waals surface area contributed by atoms with Crippen molar-refractivity contribution < 1.29 is 0 Å². The lowest BCUT2D eigenvalue weighted by atomic mass is 9.70. The summed E-state index contributed by atoms with van der Waals surface area (Å²) in [5, 5.41) is 7.91. The lowest BCUT2D eigenvalue weighted by molar-refractivity contribution is 0.795. The monoisotopic (exact) mass is 542 g/mol. The van der Waals surface area contributed by atoms with Gasteiger partial charge in [-0.25, -0.2) is 0 Å². The molecule has 0 fully saturated rings. The van der Waals surface area contributed by atoms with Gasteiger partial charge >= 0.3 is 0 Å². The minimum absolute atomic E-state index is 0.385. The van der Waals surface area contributed by atoms with E-state index in [1.807, 2.05) is 0 Å². The summed E-state index contributed by atoms with van der Waals surface area (Å²) in [6.45, 7) is 0. The fourth-order valence-electron chi connectivity index (χ4n) is 8.34. The summed E-state index contributed by atoms with van der Waals surface area (Å²) >= 11 is 0. The molecule has 0 nitrogen and oxygen atoms in total. The summed E-state index contributed by atoms with van der Waals surface area (Å²) in [6.07, 6.45) is 0. The summed E-state index contributed by atoms with van der Waals surface area (Å²) in [4.78, 5) is 0. The second-order valence-electron chi connectivity index (χ2n) is 12.0. The van der Waals surface area contributed by atoms with Crippen LogP contribution in [0.15, 0.2) is 158 Å². The molecule has 0 aromatic heterocycles. The van der Waals surface area contributed by atoms with Gasteiger partial charge in [0.1, 0.15) is 0 Å². The fraction of sp³-hybridized carbons (Fsp3) is 0.0233. The van der Waals surface area contributed by atoms with Gasteiger partial charge in [-0.2, -0.15) is 0 Å². The molecule has 0 heterocycles. The van der Waals surface area contributed by atoms with E-state index in [0.717, 1.165) is 0 Å². The van der Waals surface area contributed by atoms with Crippen LogP contribution in [0.2, 0.25) is 0 Å². The van der Waals surface area contributed by atoms with Crippen molar-refractivity contribution in [2.45, 2.75) is 5.41 Å². The van der Waals surface area contributed by atoms with Crippen molar-refractivity contribution in [3.63, 3.8) is 0 Å². The highest BCUT2D eigenvalue weighted by atomic mass is 14.5. The standard InChI is InChI=1S/C43H26/c1-2-12-27(13-3-1)28-22-23-35-33-18-8-10-20-39(33)43(41(35)24-28)40-21-11-9-19-34(40)38-25-36-31-16-6-4-14-29(31)30-15-5-7-17-32(30)37(36)26-42(38)43/h1-26H. The molecule has 0 amide bonds. The average molecular weight is 543 g/mol. The number of fused-ring (bicyclic) bond motifs is 16. The number of hydrogen-bond acceptors (Lipinski definition) is 0. The maximum atomic E-state index is 2.54. The van der Waals surface area contributed by atoms with E-state index in [9.17, 15) is 0 Å². The molecule has 2 aliphatic rings. The summed E-state index contributed by atoms with van der Waals surface area (Å²) < 4.78 is 0. The van der Waals surface area contributed by atoms with Gasteiger partial charge in [-0.1, -0.05) is 140 Å². The van der Waals surface area contributed by atoms with E-state index >= 15 is 0 Å². The van der Waals surface area contributed by atoms with Crippen molar-refractivity contribution in [3.8, 4) is 33.4 Å². The zero-order valence-corrected chi connectivity index (χ0v) is 23.5. The van der Waals surface area contributed by atoms with Crippen LogP contribution in [-0.4, -0.2) is 0 Å². The first-order valence-electron chi connectivity index (χ1n) is 15.1. The maximum absolute atomic E-state index is 2.54. The SMILES string of the molecule is c1ccc(-c2ccc3c(c2)C2(c4ccccc4-3)c3ccccc3-c3cc4c5ccccc5c5ccccc5c4cc32)cc1. The Kier molecular flexibility index (Phi) is 4.47. The first kappa shape index (κ1) is 23.1. The van der Waals surface area contributed by atoms with E-state index in [0.29, 0.717) is 0 Å². The molecule has 198 valence electrons. The molecular formula is C43H26. The molecule has 1 spiro atoms. The van der Waals surface area contributed by atoms with Gasteiger partial charge in [0.25, 0.3) is 0 Å². The highest BCUT2D eigenvalue weighted by molar-refractivity contribution is 6.26. The zero-order chi connectivity index (χ0) is 28.1. The van der Waals surface area contributed by atoms with Crippen LogP contribution < -0.4 is 0 Å². The Morgan fingerprint density at radius 3 is 1.37 bits per heavy atom. The molecule has 43 heavy (non-hydrogen) atoms. The van der Waals surface area contributed by atoms with Crippen molar-refractivity contribution >= 4 is 32.3 Å². The Morgan fingerprint density at radius 1 is 0.256 bits per heavy atom. The van der Waals surface area contributed by atoms with Gasteiger partial charge in [0, 0.05) is 0 Å². The molecule has 8 aromatic rings. The lowest BCUT2D eigenvalue weighted by Gasteiger charge is -2.31. The molecule has 0 heteroatoms. The molecule has 0 saturated heterocycles. The second-order valence-corrected chi connectivity index (χ2v) is 12.0. The van der Waals surface area contributed by atoms with Crippen LogP contribution in [0.3, 0.4) is 0 Å². The second kappa shape index (κ2) is 8.31. The molecule has 0 bridgehead atoms. The first-order valence-corrected chi connectivity index (χ1v) is 15.1. The molecule has 2 aliphatic carbocycles. The van der Waals surface area contributed by atoms with Gasteiger partial charge in [0.2, 0.25) is 0 Å². The van der Waals surface area contributed by atoms with E-state index in [-0.39, 0.29) is 5.41 Å². The third-order valence-corrected chi connectivity index (χ3v) is 10.1. The summed E-state index contributed by atoms with van der Waals surface area (Å²) in [5.41, 5.74) is 13.0. The van der Waals surface area contributed by atoms with Crippen LogP contribution in [0.4, 0.5) is 0 Å². The van der Waals surface area contributed by atoms with Gasteiger partial charge in [-0.05, 0) is 106 Å². The third-order valence-electron chi connectivity index (χ3n) is 10.1. The molecule has 10 rings (SSSR count). The zero-order valence-electron chi connectivity index (χ0n) is 23.5. The third kappa shape index (κ3) is 2.86. The number of rotatable bonds is 1. The molecule has 1 atom stereocenters. The van der Waals surface area contributed by atoms with Crippen molar-refractivity contribution in [2.75, 3.05) is 0 Å². The molecule has 0 saturated carbocycles. The highest BCUT2D eigenvalue weighted by Gasteiger charge is 2.51. The van der Waals surface area contributed by atoms with E-state index in [1.165, 1.54) is 88.0 Å². The summed E-state index contributed by atoms with van der Waals surface area (Å²) in [7, 11) is 0. The van der Waals surface area contributed by atoms with Crippen LogP contribution in [-0.2, 0) is 5.41 Å². The Bertz CT molecular complexity index is 2450. The van der Waals surface area contributed by atoms with E-state index in [4.69, 9.17) is 0 Å². The Balaban J connectivity index is 1.40. The lowest BCUT2D eigenvalue weighted by Crippen LogP contribution is -2.25. The fourth-order valence-corrected chi connectivity index (χ4v) is 8.34. The van der Waals surface area contributed by atoms with E-state index < -0.39 is 0 Å². The molecule has 8 aromatic carbocycles. The molecule has 0 aliphatic heterocycles. The van der Waals surface area contributed by atoms with E-state index in [1.54, 1.807) is 0 Å². The van der Waals surface area contributed by atoms with Crippen LogP contribution in [0.1, 0.15) is 22.3 Å². The van der Waals surface area contributed by atoms with Crippen molar-refractivity contribution in [2.24, 2.45) is 0 Å². The van der Waals surface area contributed by atoms with Crippen LogP contribution >= 0.6 is 0 Å². The predicted molar refractivity (Wildman–Crippen MR) is 181 cm³/mol. The average Bonchev–Trinajstić information content (AvgIpc) is 3.54. The van der Waals surface area contributed by atoms with Crippen molar-refractivity contribution in [1.82, 2.24) is 0 Å². The van der Waals surface area contributed by atoms with Crippen molar-refractivity contribution in [1.29, 1.82) is 0 Å². The van der Waals surface area contributed by atoms with Crippen LogP contribution in [0, 0.1) is 0 Å². The Hall–Kier alpha value is -5.46. The number of benzene rings is 8. The maximum Gasteiger partial charge on any atom is 0.0725 e. The van der Waals surface area contributed by atoms with E-state index in [2.05, 4.69) is 158 Å². The molecule has 0 radical (unpaired) electrons. The minimum Gasteiger partial charge on any atom is -0.0622 e. The van der Waals surface area contributed by atoms with Gasteiger partial charge < -0.3 is 0 Å².